The number of hydrogen-bond acceptors (Lipinski definition) is 2. The lowest BCUT2D eigenvalue weighted by molar-refractivity contribution is 0.436. The van der Waals surface area contributed by atoms with E-state index < -0.39 is 12.2 Å². The van der Waals surface area contributed by atoms with Crippen LogP contribution in [0.25, 0.3) is 0 Å². The van der Waals surface area contributed by atoms with Gasteiger partial charge in [-0.1, -0.05) is 6.07 Å². The summed E-state index contributed by atoms with van der Waals surface area (Å²) in [5.41, 5.74) is 6.26. The quantitative estimate of drug-likeness (QED) is 0.737. The molecule has 0 heterocycles. The molecule has 3 heteroatoms. The molecule has 2 nitrogen and oxygen atoms in total. The average Bonchev–Trinajstić information content (AvgIpc) is 2.03. The maximum atomic E-state index is 12.3. The molecule has 0 fully saturated rings. The van der Waals surface area contributed by atoms with E-state index in [4.69, 9.17) is 5.73 Å². The fourth-order valence-corrected chi connectivity index (χ4v) is 1.18. The monoisotopic (exact) mass is 183 g/mol. The van der Waals surface area contributed by atoms with Gasteiger partial charge < -0.3 is 10.8 Å². The van der Waals surface area contributed by atoms with Crippen LogP contribution in [0, 0.1) is 0 Å². The van der Waals surface area contributed by atoms with Crippen LogP contribution in [-0.4, -0.2) is 5.11 Å². The van der Waals surface area contributed by atoms with E-state index in [0.717, 1.165) is 0 Å². The summed E-state index contributed by atoms with van der Waals surface area (Å²) in [6.07, 6.45) is 0. The van der Waals surface area contributed by atoms with E-state index >= 15 is 0 Å². The van der Waals surface area contributed by atoms with Crippen LogP contribution in [0.5, 0.6) is 5.75 Å². The average molecular weight is 183 g/mol. The Kier molecular flexibility index (Phi) is 2.57. The highest BCUT2D eigenvalue weighted by Crippen LogP contribution is 2.27. The van der Waals surface area contributed by atoms with E-state index in [1.54, 1.807) is 26.0 Å². The molecule has 0 aliphatic heterocycles. The number of hydrogen-bond donors (Lipinski definition) is 2. The number of phenols is 1. The van der Waals surface area contributed by atoms with E-state index in [9.17, 15) is 9.50 Å². The number of rotatable bonds is 2. The molecule has 0 atom stereocenters. The van der Waals surface area contributed by atoms with Gasteiger partial charge in [-0.2, -0.15) is 0 Å². The number of alkyl halides is 1. The molecule has 0 amide bonds. The van der Waals surface area contributed by atoms with Crippen molar-refractivity contribution in [2.45, 2.75) is 26.1 Å². The van der Waals surface area contributed by atoms with E-state index in [2.05, 4.69) is 0 Å². The lowest BCUT2D eigenvalue weighted by Crippen LogP contribution is -2.28. The molecule has 72 valence electrons. The summed E-state index contributed by atoms with van der Waals surface area (Å²) in [6, 6.07) is 4.61. The highest BCUT2D eigenvalue weighted by Gasteiger charge is 2.18. The minimum atomic E-state index is -0.644. The number of halogens is 1. The predicted molar refractivity (Wildman–Crippen MR) is 50.1 cm³/mol. The molecule has 3 N–H and O–H groups in total. The summed E-state index contributed by atoms with van der Waals surface area (Å²) in [7, 11) is 0. The molecular formula is C10H14FNO. The summed E-state index contributed by atoms with van der Waals surface area (Å²) < 4.78 is 12.3. The first-order valence-corrected chi connectivity index (χ1v) is 4.12. The van der Waals surface area contributed by atoms with Gasteiger partial charge in [-0.25, -0.2) is 4.39 Å². The van der Waals surface area contributed by atoms with Crippen LogP contribution in [0.4, 0.5) is 4.39 Å². The van der Waals surface area contributed by atoms with Gasteiger partial charge in [-0.05, 0) is 31.5 Å². The van der Waals surface area contributed by atoms with Crippen LogP contribution in [0.2, 0.25) is 0 Å². The second-order valence-corrected chi connectivity index (χ2v) is 3.71. The molecule has 13 heavy (non-hydrogen) atoms. The first kappa shape index (κ1) is 9.99. The molecule has 1 aromatic carbocycles. The van der Waals surface area contributed by atoms with Crippen LogP contribution in [0.1, 0.15) is 25.0 Å². The van der Waals surface area contributed by atoms with Crippen molar-refractivity contribution in [1.29, 1.82) is 0 Å². The van der Waals surface area contributed by atoms with Crippen molar-refractivity contribution >= 4 is 0 Å². The van der Waals surface area contributed by atoms with E-state index in [0.29, 0.717) is 11.1 Å². The van der Waals surface area contributed by atoms with Crippen molar-refractivity contribution in [2.24, 2.45) is 5.73 Å². The fourth-order valence-electron chi connectivity index (χ4n) is 1.18. The third kappa shape index (κ3) is 2.18. The Morgan fingerprint density at radius 1 is 1.46 bits per heavy atom. The van der Waals surface area contributed by atoms with Crippen LogP contribution in [0.3, 0.4) is 0 Å². The van der Waals surface area contributed by atoms with Crippen molar-refractivity contribution in [1.82, 2.24) is 0 Å². The molecule has 0 aromatic heterocycles. The fraction of sp³-hybridized carbons (Fsp3) is 0.400. The largest absolute Gasteiger partial charge is 0.508 e. The molecule has 0 saturated carbocycles. The number of aromatic hydroxyl groups is 1. The zero-order chi connectivity index (χ0) is 10.1. The van der Waals surface area contributed by atoms with Crippen LogP contribution >= 0.6 is 0 Å². The van der Waals surface area contributed by atoms with E-state index in [1.807, 2.05) is 0 Å². The van der Waals surface area contributed by atoms with Crippen LogP contribution in [0.15, 0.2) is 18.2 Å². The van der Waals surface area contributed by atoms with E-state index in [-0.39, 0.29) is 5.75 Å². The van der Waals surface area contributed by atoms with Gasteiger partial charge in [0, 0.05) is 11.1 Å². The summed E-state index contributed by atoms with van der Waals surface area (Å²) >= 11 is 0. The van der Waals surface area contributed by atoms with Crippen LogP contribution < -0.4 is 5.73 Å². The normalized spacial score (nSPS) is 11.7. The van der Waals surface area contributed by atoms with Gasteiger partial charge in [0.25, 0.3) is 0 Å². The molecule has 0 spiro atoms. The molecule has 0 saturated heterocycles. The van der Waals surface area contributed by atoms with Gasteiger partial charge in [0.15, 0.2) is 0 Å². The summed E-state index contributed by atoms with van der Waals surface area (Å²) in [6.45, 7) is 3.00. The molecule has 0 bridgehead atoms. The Bertz CT molecular complexity index is 304. The summed E-state index contributed by atoms with van der Waals surface area (Å²) in [5, 5.41) is 9.46. The molecule has 0 aliphatic rings. The maximum absolute atomic E-state index is 12.3. The Morgan fingerprint density at radius 3 is 2.54 bits per heavy atom. The minimum Gasteiger partial charge on any atom is -0.508 e. The van der Waals surface area contributed by atoms with Gasteiger partial charge in [0.1, 0.15) is 12.4 Å². The Balaban J connectivity index is 3.19. The minimum absolute atomic E-state index is 0.115. The van der Waals surface area contributed by atoms with Gasteiger partial charge in [-0.15, -0.1) is 0 Å². The van der Waals surface area contributed by atoms with Crippen molar-refractivity contribution < 1.29 is 9.50 Å². The highest BCUT2D eigenvalue weighted by molar-refractivity contribution is 5.40. The Hall–Kier alpha value is -1.09. The standard InChI is InChI=1S/C10H14FNO/c1-10(2,12)8-5-7(6-11)3-4-9(8)13/h3-5,13H,6,12H2,1-2H3. The Labute approximate surface area is 77.2 Å². The highest BCUT2D eigenvalue weighted by atomic mass is 19.1. The first-order chi connectivity index (χ1) is 5.95. The van der Waals surface area contributed by atoms with Gasteiger partial charge >= 0.3 is 0 Å². The Morgan fingerprint density at radius 2 is 2.08 bits per heavy atom. The second kappa shape index (κ2) is 3.34. The van der Waals surface area contributed by atoms with Crippen LogP contribution in [-0.2, 0) is 12.2 Å². The smallest absolute Gasteiger partial charge is 0.120 e. The molecule has 1 aromatic rings. The topological polar surface area (TPSA) is 46.2 Å². The molecular weight excluding hydrogens is 169 g/mol. The number of nitrogens with two attached hydrogens (primary N) is 1. The third-order valence-electron chi connectivity index (χ3n) is 1.91. The lowest BCUT2D eigenvalue weighted by atomic mass is 9.93. The van der Waals surface area contributed by atoms with Crippen molar-refractivity contribution in [3.8, 4) is 5.75 Å². The summed E-state index contributed by atoms with van der Waals surface area (Å²) in [4.78, 5) is 0. The number of phenolic OH excluding ortho intramolecular Hbond substituents is 1. The first-order valence-electron chi connectivity index (χ1n) is 4.12. The lowest BCUT2D eigenvalue weighted by Gasteiger charge is -2.20. The second-order valence-electron chi connectivity index (χ2n) is 3.71. The van der Waals surface area contributed by atoms with E-state index in [1.165, 1.54) is 6.07 Å². The third-order valence-corrected chi connectivity index (χ3v) is 1.91. The SMILES string of the molecule is CC(C)(N)c1cc(CF)ccc1O. The molecule has 0 radical (unpaired) electrons. The van der Waals surface area contributed by atoms with Crippen molar-refractivity contribution in [2.75, 3.05) is 0 Å². The van der Waals surface area contributed by atoms with Gasteiger partial charge in [0.05, 0.1) is 0 Å². The number of benzene rings is 1. The zero-order valence-electron chi connectivity index (χ0n) is 7.84. The van der Waals surface area contributed by atoms with Gasteiger partial charge in [-0.3, -0.25) is 0 Å². The maximum Gasteiger partial charge on any atom is 0.120 e. The predicted octanol–water partition coefficient (Wildman–Crippen LogP) is 2.06. The van der Waals surface area contributed by atoms with Gasteiger partial charge in [0.2, 0.25) is 0 Å². The van der Waals surface area contributed by atoms with Crippen molar-refractivity contribution in [3.63, 3.8) is 0 Å². The summed E-state index contributed by atoms with van der Waals surface area (Å²) in [5.74, 6) is 0.115. The van der Waals surface area contributed by atoms with Crippen molar-refractivity contribution in [3.05, 3.63) is 29.3 Å². The molecule has 1 rings (SSSR count). The zero-order valence-corrected chi connectivity index (χ0v) is 7.84. The molecule has 0 aliphatic carbocycles. The molecule has 0 unspecified atom stereocenters.